The van der Waals surface area contributed by atoms with E-state index in [2.05, 4.69) is 47.2 Å². The lowest BCUT2D eigenvalue weighted by molar-refractivity contribution is -0.117. The summed E-state index contributed by atoms with van der Waals surface area (Å²) < 4.78 is 1.34. The van der Waals surface area contributed by atoms with Gasteiger partial charge in [-0.15, -0.1) is 11.3 Å². The highest BCUT2D eigenvalue weighted by molar-refractivity contribution is 7.17. The van der Waals surface area contributed by atoms with Gasteiger partial charge in [-0.25, -0.2) is 0 Å². The summed E-state index contributed by atoms with van der Waals surface area (Å²) in [5.41, 5.74) is 8.26. The number of benzene rings is 2. The van der Waals surface area contributed by atoms with Gasteiger partial charge in [0, 0.05) is 22.3 Å². The van der Waals surface area contributed by atoms with Crippen LogP contribution in [0, 0.1) is 0 Å². The van der Waals surface area contributed by atoms with E-state index in [1.807, 2.05) is 35.6 Å². The average Bonchev–Trinajstić information content (AvgIpc) is 3.39. The Bertz CT molecular complexity index is 1040. The van der Waals surface area contributed by atoms with Gasteiger partial charge >= 0.3 is 0 Å². The van der Waals surface area contributed by atoms with Gasteiger partial charge in [-0.2, -0.15) is 0 Å². The molecule has 1 aliphatic rings. The van der Waals surface area contributed by atoms with Crippen molar-refractivity contribution in [1.82, 2.24) is 10.6 Å². The number of carbonyl (C=O) groups excluding carboxylic acids is 2. The predicted molar refractivity (Wildman–Crippen MR) is 122 cm³/mol. The molecule has 0 bridgehead atoms. The van der Waals surface area contributed by atoms with E-state index in [4.69, 9.17) is 5.73 Å². The smallest absolute Gasteiger partial charge is 0.251 e. The summed E-state index contributed by atoms with van der Waals surface area (Å²) in [6.45, 7) is 2.11. The first-order valence-electron chi connectivity index (χ1n) is 10.4. The molecule has 3 atom stereocenters. The van der Waals surface area contributed by atoms with Crippen LogP contribution in [0.4, 0.5) is 0 Å². The lowest BCUT2D eigenvalue weighted by Crippen LogP contribution is -2.33. The van der Waals surface area contributed by atoms with Crippen LogP contribution in [0.15, 0.2) is 53.9 Å². The number of hydrogen-bond acceptors (Lipinski definition) is 4. The number of rotatable bonds is 7. The van der Waals surface area contributed by atoms with Gasteiger partial charge in [-0.05, 0) is 72.2 Å². The van der Waals surface area contributed by atoms with Crippen LogP contribution in [0.3, 0.4) is 0 Å². The third-order valence-electron chi connectivity index (χ3n) is 5.96. The first kappa shape index (κ1) is 20.6. The Balaban J connectivity index is 1.35. The van der Waals surface area contributed by atoms with E-state index in [9.17, 15) is 9.59 Å². The van der Waals surface area contributed by atoms with Crippen molar-refractivity contribution in [3.8, 4) is 0 Å². The van der Waals surface area contributed by atoms with Crippen molar-refractivity contribution in [2.45, 2.75) is 44.2 Å². The Labute approximate surface area is 180 Å². The third-order valence-corrected chi connectivity index (χ3v) is 6.94. The molecule has 2 amide bonds. The maximum atomic E-state index is 12.0. The van der Waals surface area contributed by atoms with Crippen LogP contribution in [0.1, 0.15) is 59.6 Å². The van der Waals surface area contributed by atoms with Crippen molar-refractivity contribution in [3.05, 3.63) is 70.6 Å². The van der Waals surface area contributed by atoms with Gasteiger partial charge < -0.3 is 16.4 Å². The fourth-order valence-corrected chi connectivity index (χ4v) is 5.44. The molecule has 3 aromatic rings. The number of nitrogens with one attached hydrogen (secondary N) is 2. The van der Waals surface area contributed by atoms with E-state index in [0.29, 0.717) is 23.6 Å². The molecule has 4 N–H and O–H groups in total. The van der Waals surface area contributed by atoms with Crippen molar-refractivity contribution in [2.24, 2.45) is 5.73 Å². The van der Waals surface area contributed by atoms with Crippen molar-refractivity contribution in [3.63, 3.8) is 0 Å². The van der Waals surface area contributed by atoms with Gasteiger partial charge in [0.15, 0.2) is 0 Å². The molecule has 0 saturated heterocycles. The predicted octanol–water partition coefficient (Wildman–Crippen LogP) is 4.10. The minimum Gasteiger partial charge on any atom is -0.368 e. The van der Waals surface area contributed by atoms with Crippen molar-refractivity contribution in [2.75, 3.05) is 6.54 Å². The Hall–Kier alpha value is -2.70. The van der Waals surface area contributed by atoms with Gasteiger partial charge in [-0.3, -0.25) is 9.59 Å². The molecule has 6 heteroatoms. The summed E-state index contributed by atoms with van der Waals surface area (Å²) in [4.78, 5) is 22.8. The lowest BCUT2D eigenvalue weighted by atomic mass is 9.96. The molecule has 1 aromatic heterocycles. The van der Waals surface area contributed by atoms with Crippen molar-refractivity contribution < 1.29 is 9.59 Å². The summed E-state index contributed by atoms with van der Waals surface area (Å²) in [6.07, 6.45) is 3.39. The Morgan fingerprint density at radius 1 is 1.13 bits per heavy atom. The normalized spacial score (nSPS) is 19.6. The maximum absolute atomic E-state index is 12.0. The van der Waals surface area contributed by atoms with E-state index < -0.39 is 5.91 Å². The number of thiophene rings is 1. The summed E-state index contributed by atoms with van der Waals surface area (Å²) in [5, 5.41) is 9.97. The summed E-state index contributed by atoms with van der Waals surface area (Å²) in [7, 11) is 0. The number of amides is 2. The van der Waals surface area contributed by atoms with Crippen molar-refractivity contribution in [1.29, 1.82) is 0 Å². The number of nitrogens with two attached hydrogens (primary N) is 1. The summed E-state index contributed by atoms with van der Waals surface area (Å²) in [6, 6.07) is 17.1. The second-order valence-electron chi connectivity index (χ2n) is 8.05. The largest absolute Gasteiger partial charge is 0.368 e. The van der Waals surface area contributed by atoms with Gasteiger partial charge in [0.1, 0.15) is 0 Å². The van der Waals surface area contributed by atoms with Crippen LogP contribution >= 0.6 is 11.3 Å². The monoisotopic (exact) mass is 421 g/mol. The summed E-state index contributed by atoms with van der Waals surface area (Å²) in [5.74, 6) is -0.325. The second kappa shape index (κ2) is 8.98. The number of primary amides is 1. The molecular weight excluding hydrogens is 394 g/mol. The second-order valence-corrected chi connectivity index (χ2v) is 8.96. The van der Waals surface area contributed by atoms with Crippen LogP contribution in [-0.4, -0.2) is 24.4 Å². The summed E-state index contributed by atoms with van der Waals surface area (Å²) >= 11 is 1.81. The van der Waals surface area contributed by atoms with Crippen LogP contribution in [0.2, 0.25) is 0 Å². The van der Waals surface area contributed by atoms with Crippen LogP contribution in [0.5, 0.6) is 0 Å². The van der Waals surface area contributed by atoms with E-state index in [1.54, 1.807) is 0 Å². The molecule has 1 saturated carbocycles. The van der Waals surface area contributed by atoms with Crippen LogP contribution in [-0.2, 0) is 4.79 Å². The van der Waals surface area contributed by atoms with Gasteiger partial charge in [-0.1, -0.05) is 30.3 Å². The fourth-order valence-electron chi connectivity index (χ4n) is 4.39. The third kappa shape index (κ3) is 4.55. The quantitative estimate of drug-likeness (QED) is 0.537. The molecule has 156 valence electrons. The van der Waals surface area contributed by atoms with E-state index in [1.165, 1.54) is 21.2 Å². The maximum Gasteiger partial charge on any atom is 0.251 e. The molecule has 0 spiro atoms. The highest BCUT2D eigenvalue weighted by Gasteiger charge is 2.27. The topological polar surface area (TPSA) is 84.2 Å². The molecule has 2 aromatic carbocycles. The Morgan fingerprint density at radius 2 is 1.90 bits per heavy atom. The Morgan fingerprint density at radius 3 is 2.67 bits per heavy atom. The van der Waals surface area contributed by atoms with Gasteiger partial charge in [0.2, 0.25) is 5.91 Å². The highest BCUT2D eigenvalue weighted by Crippen LogP contribution is 2.37. The average molecular weight is 422 g/mol. The minimum absolute atomic E-state index is 0.145. The number of fused-ring (bicyclic) bond motifs is 1. The molecule has 4 rings (SSSR count). The first-order chi connectivity index (χ1) is 14.5. The molecular formula is C24H27N3O2S. The first-order valence-corrected chi connectivity index (χ1v) is 11.3. The Kier molecular flexibility index (Phi) is 6.16. The molecule has 5 nitrogen and oxygen atoms in total. The molecule has 1 heterocycles. The van der Waals surface area contributed by atoms with E-state index in [0.717, 1.165) is 19.3 Å². The van der Waals surface area contributed by atoms with Gasteiger partial charge in [0.25, 0.3) is 5.91 Å². The molecule has 1 unspecified atom stereocenters. The molecule has 0 aliphatic heterocycles. The molecule has 1 fully saturated rings. The van der Waals surface area contributed by atoms with Crippen LogP contribution < -0.4 is 16.4 Å². The lowest BCUT2D eigenvalue weighted by Gasteiger charge is -2.20. The fraction of sp³-hybridized carbons (Fsp3) is 0.333. The molecule has 0 radical (unpaired) electrons. The van der Waals surface area contributed by atoms with E-state index in [-0.39, 0.29) is 12.5 Å². The van der Waals surface area contributed by atoms with Crippen LogP contribution in [0.25, 0.3) is 10.1 Å². The van der Waals surface area contributed by atoms with Crippen molar-refractivity contribution >= 4 is 33.2 Å². The minimum atomic E-state index is -0.547. The standard InChI is InChI=1S/C24H27N3O2S/c1-15(21-14-30-22-5-3-2-4-20(21)22)27-19-11-10-18(12-19)16-6-8-17(9-7-16)24(29)26-13-23(25)28/h2-9,14-15,18-19,27H,10-13H2,1H3,(H2,25,28)(H,26,29)/t15-,18?,19+/m1/s1. The zero-order valence-electron chi connectivity index (χ0n) is 17.1. The van der Waals surface area contributed by atoms with E-state index >= 15 is 0 Å². The zero-order chi connectivity index (χ0) is 21.1. The molecule has 1 aliphatic carbocycles. The number of hydrogen-bond donors (Lipinski definition) is 3. The van der Waals surface area contributed by atoms with Gasteiger partial charge in [0.05, 0.1) is 6.54 Å². The molecule has 30 heavy (non-hydrogen) atoms. The SMILES string of the molecule is C[C@@H](N[C@H]1CCC(c2ccc(C(=O)NCC(N)=O)cc2)C1)c1csc2ccccc12. The number of carbonyl (C=O) groups is 2. The zero-order valence-corrected chi connectivity index (χ0v) is 17.9. The highest BCUT2D eigenvalue weighted by atomic mass is 32.1.